The highest BCUT2D eigenvalue weighted by Gasteiger charge is 2.34. The van der Waals surface area contributed by atoms with Crippen LogP contribution in [-0.2, 0) is 6.42 Å². The molecule has 1 saturated carbocycles. The van der Waals surface area contributed by atoms with Gasteiger partial charge in [-0.15, -0.1) is 0 Å². The standard InChI is InChI=1S/C16H20N2/c17-12-16(7-9-18-10-8-16)11-14-3-1-2-4-15(14)13-5-6-13/h1-4,13,18H,5-11H2. The minimum absolute atomic E-state index is 0.129. The van der Waals surface area contributed by atoms with Crippen molar-refractivity contribution in [1.82, 2.24) is 5.32 Å². The van der Waals surface area contributed by atoms with Crippen molar-refractivity contribution in [2.24, 2.45) is 5.41 Å². The molecule has 2 nitrogen and oxygen atoms in total. The van der Waals surface area contributed by atoms with Crippen molar-refractivity contribution in [3.05, 3.63) is 35.4 Å². The zero-order valence-corrected chi connectivity index (χ0v) is 10.8. The lowest BCUT2D eigenvalue weighted by atomic mass is 9.74. The lowest BCUT2D eigenvalue weighted by Crippen LogP contribution is -2.37. The average molecular weight is 240 g/mol. The summed E-state index contributed by atoms with van der Waals surface area (Å²) >= 11 is 0. The van der Waals surface area contributed by atoms with E-state index in [0.717, 1.165) is 38.3 Å². The highest BCUT2D eigenvalue weighted by molar-refractivity contribution is 5.35. The number of hydrogen-bond acceptors (Lipinski definition) is 2. The van der Waals surface area contributed by atoms with Crippen LogP contribution >= 0.6 is 0 Å². The second kappa shape index (κ2) is 4.74. The molecule has 0 amide bonds. The molecule has 2 heteroatoms. The Bertz CT molecular complexity index is 462. The molecule has 0 spiro atoms. The third-order valence-electron chi connectivity index (χ3n) is 4.40. The number of piperidine rings is 1. The van der Waals surface area contributed by atoms with Crippen LogP contribution < -0.4 is 5.32 Å². The van der Waals surface area contributed by atoms with Crippen molar-refractivity contribution in [2.45, 2.75) is 38.0 Å². The lowest BCUT2D eigenvalue weighted by Gasteiger charge is -2.32. The van der Waals surface area contributed by atoms with Crippen molar-refractivity contribution in [3.63, 3.8) is 0 Å². The van der Waals surface area contributed by atoms with Crippen molar-refractivity contribution >= 4 is 0 Å². The summed E-state index contributed by atoms with van der Waals surface area (Å²) in [6, 6.07) is 11.4. The highest BCUT2D eigenvalue weighted by Crippen LogP contribution is 2.43. The van der Waals surface area contributed by atoms with Gasteiger partial charge < -0.3 is 5.32 Å². The Morgan fingerprint density at radius 2 is 1.94 bits per heavy atom. The molecule has 2 aliphatic rings. The van der Waals surface area contributed by atoms with Gasteiger partial charge in [-0.3, -0.25) is 0 Å². The smallest absolute Gasteiger partial charge is 0.0694 e. The summed E-state index contributed by atoms with van der Waals surface area (Å²) in [7, 11) is 0. The fraction of sp³-hybridized carbons (Fsp3) is 0.562. The molecule has 0 aromatic heterocycles. The van der Waals surface area contributed by atoms with Gasteiger partial charge in [0.1, 0.15) is 0 Å². The van der Waals surface area contributed by atoms with E-state index >= 15 is 0 Å². The Morgan fingerprint density at radius 3 is 2.61 bits per heavy atom. The Labute approximate surface area is 109 Å². The normalized spacial score (nSPS) is 22.4. The monoisotopic (exact) mass is 240 g/mol. The van der Waals surface area contributed by atoms with E-state index in [0.29, 0.717) is 0 Å². The molecule has 3 rings (SSSR count). The van der Waals surface area contributed by atoms with Crippen LogP contribution in [0.15, 0.2) is 24.3 Å². The molecular weight excluding hydrogens is 220 g/mol. The average Bonchev–Trinajstić information content (AvgIpc) is 3.25. The van der Waals surface area contributed by atoms with Gasteiger partial charge in [-0.1, -0.05) is 24.3 Å². The maximum atomic E-state index is 9.57. The fourth-order valence-corrected chi connectivity index (χ4v) is 3.09. The molecular formula is C16H20N2. The third kappa shape index (κ3) is 2.28. The fourth-order valence-electron chi connectivity index (χ4n) is 3.09. The zero-order chi connectivity index (χ0) is 12.4. The van der Waals surface area contributed by atoms with E-state index in [1.807, 2.05) is 0 Å². The molecule has 0 bridgehead atoms. The minimum Gasteiger partial charge on any atom is -0.317 e. The Morgan fingerprint density at radius 1 is 1.22 bits per heavy atom. The van der Waals surface area contributed by atoms with Crippen LogP contribution in [0.5, 0.6) is 0 Å². The number of nitriles is 1. The molecule has 0 radical (unpaired) electrons. The van der Waals surface area contributed by atoms with Crippen LogP contribution in [0.25, 0.3) is 0 Å². The first kappa shape index (κ1) is 11.7. The Balaban J connectivity index is 1.84. The maximum Gasteiger partial charge on any atom is 0.0694 e. The molecule has 1 aliphatic carbocycles. The van der Waals surface area contributed by atoms with E-state index in [-0.39, 0.29) is 5.41 Å². The summed E-state index contributed by atoms with van der Waals surface area (Å²) in [6.45, 7) is 1.97. The van der Waals surface area contributed by atoms with E-state index in [9.17, 15) is 5.26 Å². The second-order valence-electron chi connectivity index (χ2n) is 5.79. The summed E-state index contributed by atoms with van der Waals surface area (Å²) in [5, 5.41) is 12.9. The van der Waals surface area contributed by atoms with Gasteiger partial charge in [0.25, 0.3) is 0 Å². The molecule has 1 N–H and O–H groups in total. The Hall–Kier alpha value is -1.33. The van der Waals surface area contributed by atoms with Gasteiger partial charge in [-0.25, -0.2) is 0 Å². The first-order valence-corrected chi connectivity index (χ1v) is 7.03. The molecule has 1 heterocycles. The van der Waals surface area contributed by atoms with Gasteiger partial charge in [0.05, 0.1) is 11.5 Å². The predicted octanol–water partition coefficient (Wildman–Crippen LogP) is 3.00. The van der Waals surface area contributed by atoms with Gasteiger partial charge in [0.2, 0.25) is 0 Å². The summed E-state index contributed by atoms with van der Waals surface area (Å²) in [4.78, 5) is 0. The molecule has 94 valence electrons. The number of hydrogen-bond donors (Lipinski definition) is 1. The first-order chi connectivity index (χ1) is 8.83. The van der Waals surface area contributed by atoms with Crippen molar-refractivity contribution in [2.75, 3.05) is 13.1 Å². The van der Waals surface area contributed by atoms with Crippen LogP contribution in [0, 0.1) is 16.7 Å². The van der Waals surface area contributed by atoms with E-state index < -0.39 is 0 Å². The van der Waals surface area contributed by atoms with Gasteiger partial charge >= 0.3 is 0 Å². The van der Waals surface area contributed by atoms with E-state index in [1.54, 1.807) is 0 Å². The summed E-state index contributed by atoms with van der Waals surface area (Å²) in [5.74, 6) is 0.777. The van der Waals surface area contributed by atoms with E-state index in [1.165, 1.54) is 24.0 Å². The summed E-state index contributed by atoms with van der Waals surface area (Å²) in [5.41, 5.74) is 2.80. The van der Waals surface area contributed by atoms with Gasteiger partial charge in [0, 0.05) is 0 Å². The minimum atomic E-state index is -0.129. The van der Waals surface area contributed by atoms with Crippen molar-refractivity contribution in [3.8, 4) is 6.07 Å². The number of nitrogens with one attached hydrogen (secondary N) is 1. The second-order valence-corrected chi connectivity index (χ2v) is 5.79. The quantitative estimate of drug-likeness (QED) is 0.881. The van der Waals surface area contributed by atoms with Crippen LogP contribution in [0.4, 0.5) is 0 Å². The first-order valence-electron chi connectivity index (χ1n) is 7.03. The van der Waals surface area contributed by atoms with E-state index in [2.05, 4.69) is 35.7 Å². The van der Waals surface area contributed by atoms with E-state index in [4.69, 9.17) is 0 Å². The van der Waals surface area contributed by atoms with Crippen molar-refractivity contribution < 1.29 is 0 Å². The van der Waals surface area contributed by atoms with Crippen molar-refractivity contribution in [1.29, 1.82) is 5.26 Å². The molecule has 1 aliphatic heterocycles. The SMILES string of the molecule is N#CC1(Cc2ccccc2C2CC2)CCNCC1. The zero-order valence-electron chi connectivity index (χ0n) is 10.8. The summed E-state index contributed by atoms with van der Waals surface area (Å²) < 4.78 is 0. The summed E-state index contributed by atoms with van der Waals surface area (Å²) in [6.07, 6.45) is 5.58. The molecule has 2 fully saturated rings. The Kier molecular flexibility index (Phi) is 3.09. The highest BCUT2D eigenvalue weighted by atomic mass is 14.9. The molecule has 0 atom stereocenters. The molecule has 1 saturated heterocycles. The van der Waals surface area contributed by atoms with Crippen LogP contribution in [0.3, 0.4) is 0 Å². The topological polar surface area (TPSA) is 35.8 Å². The maximum absolute atomic E-state index is 9.57. The van der Waals surface area contributed by atoms with Crippen LogP contribution in [0.1, 0.15) is 42.7 Å². The largest absolute Gasteiger partial charge is 0.317 e. The third-order valence-corrected chi connectivity index (χ3v) is 4.40. The lowest BCUT2D eigenvalue weighted by molar-refractivity contribution is 0.280. The van der Waals surface area contributed by atoms with Crippen LogP contribution in [0.2, 0.25) is 0 Å². The van der Waals surface area contributed by atoms with Crippen LogP contribution in [-0.4, -0.2) is 13.1 Å². The number of rotatable bonds is 3. The number of benzene rings is 1. The number of nitrogens with zero attached hydrogens (tertiary/aromatic N) is 1. The van der Waals surface area contributed by atoms with Gasteiger partial charge in [0.15, 0.2) is 0 Å². The molecule has 18 heavy (non-hydrogen) atoms. The van der Waals surface area contributed by atoms with Gasteiger partial charge in [-0.05, 0) is 62.2 Å². The molecule has 1 aromatic carbocycles. The van der Waals surface area contributed by atoms with Gasteiger partial charge in [-0.2, -0.15) is 5.26 Å². The molecule has 0 unspecified atom stereocenters. The predicted molar refractivity (Wildman–Crippen MR) is 72.3 cm³/mol. The molecule has 1 aromatic rings.